The monoisotopic (exact) mass is 639 g/mol. The largest absolute Gasteiger partial charge is 0.456 e. The lowest BCUT2D eigenvalue weighted by molar-refractivity contribution is 0.669. The van der Waals surface area contributed by atoms with Crippen molar-refractivity contribution in [2.24, 2.45) is 0 Å². The van der Waals surface area contributed by atoms with Gasteiger partial charge >= 0.3 is 0 Å². The molecule has 0 unspecified atom stereocenters. The third-order valence-electron chi connectivity index (χ3n) is 8.63. The van der Waals surface area contributed by atoms with Crippen molar-refractivity contribution in [1.82, 2.24) is 0 Å². The summed E-state index contributed by atoms with van der Waals surface area (Å²) in [7, 11) is 0. The molecule has 0 radical (unpaired) electrons. The Balaban J connectivity index is 1.28. The second kappa shape index (κ2) is 11.1. The van der Waals surface area contributed by atoms with Gasteiger partial charge in [-0.05, 0) is 101 Å². The molecule has 0 saturated carbocycles. The zero-order valence-electron chi connectivity index (χ0n) is 42.4. The molecule has 0 saturated heterocycles. The zero-order chi connectivity index (χ0) is 47.1. The Morgan fingerprint density at radius 2 is 0.776 bits per heavy atom. The third kappa shape index (κ3) is 4.55. The van der Waals surface area contributed by atoms with E-state index in [1.165, 1.54) is 0 Å². The third-order valence-corrected chi connectivity index (χ3v) is 8.63. The Kier molecular flexibility index (Phi) is 3.54. The van der Waals surface area contributed by atoms with E-state index in [1.807, 2.05) is 0 Å². The number of hydrogen-bond donors (Lipinski definition) is 0. The molecule has 1 heteroatoms. The molecule has 0 aliphatic carbocycles. The molecule has 49 heavy (non-hydrogen) atoms. The van der Waals surface area contributed by atoms with E-state index in [2.05, 4.69) is 0 Å². The van der Waals surface area contributed by atoms with Crippen LogP contribution in [-0.4, -0.2) is 0 Å². The molecule has 1 nitrogen and oxygen atoms in total. The Morgan fingerprint density at radius 3 is 1.37 bits per heavy atom. The van der Waals surface area contributed by atoms with Crippen molar-refractivity contribution in [1.29, 1.82) is 0 Å². The molecule has 0 spiro atoms. The van der Waals surface area contributed by atoms with Crippen LogP contribution in [0.2, 0.25) is 0 Å². The summed E-state index contributed by atoms with van der Waals surface area (Å²) in [4.78, 5) is 0. The van der Waals surface area contributed by atoms with Gasteiger partial charge in [-0.2, -0.15) is 0 Å². The van der Waals surface area contributed by atoms with Crippen molar-refractivity contribution in [2.75, 3.05) is 0 Å². The Bertz CT molecular complexity index is 3730. The summed E-state index contributed by atoms with van der Waals surface area (Å²) in [5.41, 5.74) is -0.619. The van der Waals surface area contributed by atoms with Crippen LogP contribution in [0, 0.1) is 0 Å². The van der Waals surface area contributed by atoms with Gasteiger partial charge in [0.25, 0.3) is 0 Å². The van der Waals surface area contributed by atoms with Gasteiger partial charge in [0, 0.05) is 10.8 Å². The molecule has 0 amide bonds. The van der Waals surface area contributed by atoms with Gasteiger partial charge in [-0.3, -0.25) is 0 Å². The highest BCUT2D eigenvalue weighted by Crippen LogP contribution is 2.45. The molecule has 1 aromatic heterocycles. The standard InChI is InChI=1S/C48H30O/c1-2-10-31(11-3-1)32-18-20-33(21-19-32)34-22-24-35(25-23-34)47-39-14-6-8-16-41(39)48(42-17-9-7-15-40(42)47)38-26-27-45-43(29-38)44-28-36-12-4-5-13-37(36)30-46(44)49-45/h1-30H/i4D,5D,12D,13D,18D,19D,20D,21D,22D,23D,24D,25D,26D,27D,28D,29D,30D. The maximum Gasteiger partial charge on any atom is 0.136 e. The van der Waals surface area contributed by atoms with Crippen LogP contribution < -0.4 is 0 Å². The predicted octanol–water partition coefficient (Wildman–Crippen LogP) is 13.7. The van der Waals surface area contributed by atoms with Gasteiger partial charge in [-0.25, -0.2) is 0 Å². The van der Waals surface area contributed by atoms with Crippen LogP contribution in [0.3, 0.4) is 0 Å². The summed E-state index contributed by atoms with van der Waals surface area (Å²) in [5.74, 6) is 0. The zero-order valence-corrected chi connectivity index (χ0v) is 25.4. The minimum absolute atomic E-state index is 0.0224. The highest BCUT2D eigenvalue weighted by Gasteiger charge is 2.18. The number of fused-ring (bicyclic) bond motifs is 6. The lowest BCUT2D eigenvalue weighted by Gasteiger charge is -2.18. The minimum atomic E-state index is -0.618. The number of benzene rings is 9. The van der Waals surface area contributed by atoms with Crippen LogP contribution in [0.15, 0.2) is 186 Å². The van der Waals surface area contributed by atoms with Gasteiger partial charge in [0.05, 0.1) is 23.3 Å². The Hall–Kier alpha value is -6.44. The van der Waals surface area contributed by atoms with E-state index in [9.17, 15) is 11.0 Å². The van der Waals surface area contributed by atoms with Gasteiger partial charge in [0.1, 0.15) is 11.2 Å². The van der Waals surface area contributed by atoms with Crippen molar-refractivity contribution in [3.8, 4) is 44.5 Å². The van der Waals surface area contributed by atoms with Crippen LogP contribution in [0.1, 0.15) is 23.3 Å². The SMILES string of the molecule is [2H]c1c([2H])c(-c2c([2H])c([2H])c(-c3c4ccccc4c(-c4c([2H])c([2H])c5oc6c([2H])c7c([2H])c([2H])c([2H])c([2H])c7c([2H])c6c5c4[2H])c4ccccc34)c([2H])c2[2H])c([2H])c([2H])c1-c1ccccc1. The molecule has 0 aliphatic heterocycles. The minimum Gasteiger partial charge on any atom is -0.456 e. The molecular weight excluding hydrogens is 593 g/mol. The summed E-state index contributed by atoms with van der Waals surface area (Å²) >= 11 is 0. The lowest BCUT2D eigenvalue weighted by atomic mass is 9.85. The van der Waals surface area contributed by atoms with E-state index in [4.69, 9.17) is 16.8 Å². The second-order valence-electron chi connectivity index (χ2n) is 11.5. The maximum absolute atomic E-state index is 9.76. The summed E-state index contributed by atoms with van der Waals surface area (Å²) < 4.78 is 160. The lowest BCUT2D eigenvalue weighted by Crippen LogP contribution is -1.91. The molecule has 0 bridgehead atoms. The van der Waals surface area contributed by atoms with Crippen LogP contribution in [0.5, 0.6) is 0 Å². The van der Waals surface area contributed by atoms with Crippen molar-refractivity contribution < 1.29 is 27.7 Å². The molecule has 9 aromatic carbocycles. The van der Waals surface area contributed by atoms with Crippen LogP contribution >= 0.6 is 0 Å². The second-order valence-corrected chi connectivity index (χ2v) is 11.5. The maximum atomic E-state index is 9.76. The average Bonchev–Trinajstić information content (AvgIpc) is 3.73. The average molecular weight is 640 g/mol. The molecule has 10 aromatic rings. The quantitative estimate of drug-likeness (QED) is 0.175. The number of furan rings is 1. The van der Waals surface area contributed by atoms with Gasteiger partial charge in [-0.1, -0.05) is 157 Å². The van der Waals surface area contributed by atoms with Crippen molar-refractivity contribution in [3.63, 3.8) is 0 Å². The number of hydrogen-bond acceptors (Lipinski definition) is 1. The van der Waals surface area contributed by atoms with E-state index in [-0.39, 0.29) is 72.1 Å². The van der Waals surface area contributed by atoms with Crippen molar-refractivity contribution >= 4 is 54.3 Å². The van der Waals surface area contributed by atoms with Gasteiger partial charge in [0.2, 0.25) is 0 Å². The highest BCUT2D eigenvalue weighted by molar-refractivity contribution is 6.22. The first-order valence-electron chi connectivity index (χ1n) is 24.0. The first kappa shape index (κ1) is 15.6. The van der Waals surface area contributed by atoms with Crippen molar-refractivity contribution in [2.45, 2.75) is 0 Å². The van der Waals surface area contributed by atoms with Crippen molar-refractivity contribution in [3.05, 3.63) is 182 Å². The molecule has 228 valence electrons. The summed E-state index contributed by atoms with van der Waals surface area (Å²) in [6.07, 6.45) is 0. The molecule has 1 heterocycles. The fraction of sp³-hybridized carbons (Fsp3) is 0. The van der Waals surface area contributed by atoms with E-state index in [0.717, 1.165) is 0 Å². The Morgan fingerprint density at radius 1 is 0.327 bits per heavy atom. The first-order chi connectivity index (χ1) is 31.4. The first-order valence-corrected chi connectivity index (χ1v) is 15.5. The molecular formula is C48H30O. The fourth-order valence-corrected chi connectivity index (χ4v) is 6.40. The topological polar surface area (TPSA) is 13.1 Å². The molecule has 0 fully saturated rings. The van der Waals surface area contributed by atoms with Crippen LogP contribution in [0.4, 0.5) is 0 Å². The van der Waals surface area contributed by atoms with Gasteiger partial charge in [0.15, 0.2) is 0 Å². The van der Waals surface area contributed by atoms with E-state index in [0.29, 0.717) is 27.1 Å². The smallest absolute Gasteiger partial charge is 0.136 e. The molecule has 0 atom stereocenters. The summed E-state index contributed by atoms with van der Waals surface area (Å²) in [6, 6.07) is 13.2. The van der Waals surface area contributed by atoms with Gasteiger partial charge < -0.3 is 4.42 Å². The molecule has 0 aliphatic rings. The summed E-state index contributed by atoms with van der Waals surface area (Å²) in [6.45, 7) is 0. The molecule has 10 rings (SSSR count). The van der Waals surface area contributed by atoms with Crippen LogP contribution in [0.25, 0.3) is 98.8 Å². The Labute approximate surface area is 308 Å². The normalized spacial score (nSPS) is 16.5. The van der Waals surface area contributed by atoms with Crippen LogP contribution in [-0.2, 0) is 0 Å². The van der Waals surface area contributed by atoms with E-state index < -0.39 is 102 Å². The van der Waals surface area contributed by atoms with E-state index in [1.54, 1.807) is 78.9 Å². The molecule has 0 N–H and O–H groups in total. The van der Waals surface area contributed by atoms with E-state index >= 15 is 0 Å². The predicted molar refractivity (Wildman–Crippen MR) is 208 cm³/mol. The summed E-state index contributed by atoms with van der Waals surface area (Å²) in [5, 5.41) is 0.709. The fourth-order valence-electron chi connectivity index (χ4n) is 6.40. The van der Waals surface area contributed by atoms with Gasteiger partial charge in [-0.15, -0.1) is 0 Å². The highest BCUT2D eigenvalue weighted by atomic mass is 16.3. The number of rotatable bonds is 4.